The van der Waals surface area contributed by atoms with Gasteiger partial charge in [0.1, 0.15) is 5.49 Å². The normalized spacial score (nSPS) is 12.1. The van der Waals surface area contributed by atoms with Crippen LogP contribution in [-0.4, -0.2) is 16.6 Å². The first-order chi connectivity index (χ1) is 4.74. The summed E-state index contributed by atoms with van der Waals surface area (Å²) in [6, 6.07) is 1.94. The molecule has 54 valence electrons. The maximum Gasteiger partial charge on any atom is 0.129 e. The van der Waals surface area contributed by atoms with Gasteiger partial charge in [-0.3, -0.25) is 4.99 Å². The monoisotopic (exact) mass is 137 g/mol. The molecule has 0 N–H and O–H groups in total. The van der Waals surface area contributed by atoms with Crippen molar-refractivity contribution in [1.29, 1.82) is 0 Å². The zero-order valence-corrected chi connectivity index (χ0v) is 6.50. The first-order valence-electron chi connectivity index (χ1n) is 3.16. The minimum Gasteiger partial charge on any atom is -0.321 e. The molecule has 0 spiro atoms. The second-order valence-corrected chi connectivity index (χ2v) is 2.22. The van der Waals surface area contributed by atoms with E-state index in [-0.39, 0.29) is 0 Å². The van der Waals surface area contributed by atoms with Crippen molar-refractivity contribution in [1.82, 2.24) is 9.55 Å². The summed E-state index contributed by atoms with van der Waals surface area (Å²) in [4.78, 5) is 8.14. The maximum absolute atomic E-state index is 4.09. The second kappa shape index (κ2) is 2.64. The Morgan fingerprint density at radius 3 is 2.80 bits per heavy atom. The van der Waals surface area contributed by atoms with Gasteiger partial charge in [0.05, 0.1) is 6.33 Å². The molecule has 0 unspecified atom stereocenters. The molecule has 0 saturated carbocycles. The van der Waals surface area contributed by atoms with Crippen molar-refractivity contribution >= 4 is 0 Å². The lowest BCUT2D eigenvalue weighted by Crippen LogP contribution is -2.17. The first-order valence-corrected chi connectivity index (χ1v) is 3.16. The molecule has 10 heavy (non-hydrogen) atoms. The second-order valence-electron chi connectivity index (χ2n) is 2.22. The van der Waals surface area contributed by atoms with Gasteiger partial charge in [0.2, 0.25) is 0 Å². The number of aromatic nitrogens is 2. The largest absolute Gasteiger partial charge is 0.321 e. The van der Waals surface area contributed by atoms with Gasteiger partial charge >= 0.3 is 0 Å². The molecule has 0 fully saturated rings. The van der Waals surface area contributed by atoms with E-state index >= 15 is 0 Å². The van der Waals surface area contributed by atoms with Crippen LogP contribution >= 0.6 is 0 Å². The molecule has 0 aliphatic carbocycles. The van der Waals surface area contributed by atoms with Gasteiger partial charge in [0.15, 0.2) is 0 Å². The Kier molecular flexibility index (Phi) is 1.85. The molecule has 0 aromatic carbocycles. The fourth-order valence-corrected chi connectivity index (χ4v) is 0.785. The predicted octanol–water partition coefficient (Wildman–Crippen LogP) is 0.259. The minimum atomic E-state index is 0.951. The Labute approximate surface area is 60.1 Å². The van der Waals surface area contributed by atoms with Gasteiger partial charge in [0, 0.05) is 25.9 Å². The van der Waals surface area contributed by atoms with E-state index in [1.165, 1.54) is 0 Å². The summed E-state index contributed by atoms with van der Waals surface area (Å²) in [6.07, 6.45) is 1.76. The van der Waals surface area contributed by atoms with Gasteiger partial charge in [-0.15, -0.1) is 0 Å². The number of aryl methyl sites for hydroxylation is 2. The van der Waals surface area contributed by atoms with Gasteiger partial charge in [-0.2, -0.15) is 0 Å². The molecule has 0 aliphatic heterocycles. The van der Waals surface area contributed by atoms with Crippen LogP contribution in [0.4, 0.5) is 0 Å². The van der Waals surface area contributed by atoms with E-state index in [0.717, 1.165) is 11.2 Å². The van der Waals surface area contributed by atoms with Crippen LogP contribution in [0.2, 0.25) is 0 Å². The van der Waals surface area contributed by atoms with Crippen molar-refractivity contribution in [3.8, 4) is 0 Å². The summed E-state index contributed by atoms with van der Waals surface area (Å²) in [5, 5.41) is 0. The van der Waals surface area contributed by atoms with E-state index in [1.54, 1.807) is 13.4 Å². The number of hydrogen-bond donors (Lipinski definition) is 0. The highest BCUT2D eigenvalue weighted by Gasteiger charge is 1.86. The van der Waals surface area contributed by atoms with Crippen molar-refractivity contribution in [2.24, 2.45) is 12.0 Å². The molecular formula is C7H11N3. The minimum absolute atomic E-state index is 0.951. The predicted molar refractivity (Wildman–Crippen MR) is 39.4 cm³/mol. The van der Waals surface area contributed by atoms with Crippen LogP contribution in [0.5, 0.6) is 0 Å². The van der Waals surface area contributed by atoms with Crippen LogP contribution in [0, 0.1) is 6.92 Å². The molecule has 0 atom stereocenters. The molecule has 1 heterocycles. The molecule has 1 aromatic rings. The summed E-state index contributed by atoms with van der Waals surface area (Å²) in [5.41, 5.74) is 1.95. The number of rotatable bonds is 0. The van der Waals surface area contributed by atoms with Crippen LogP contribution in [0.25, 0.3) is 0 Å². The van der Waals surface area contributed by atoms with Gasteiger partial charge < -0.3 is 4.57 Å². The van der Waals surface area contributed by atoms with Gasteiger partial charge in [0.25, 0.3) is 0 Å². The third-order valence-corrected chi connectivity index (χ3v) is 1.36. The summed E-state index contributed by atoms with van der Waals surface area (Å²) in [7, 11) is 3.70. The van der Waals surface area contributed by atoms with Gasteiger partial charge in [-0.1, -0.05) is 0 Å². The van der Waals surface area contributed by atoms with Gasteiger partial charge in [-0.05, 0) is 6.92 Å². The number of nitrogens with zero attached hydrogens (tertiary/aromatic N) is 3. The Morgan fingerprint density at radius 2 is 2.30 bits per heavy atom. The quantitative estimate of drug-likeness (QED) is 0.504. The summed E-state index contributed by atoms with van der Waals surface area (Å²) in [6.45, 7) is 1.95. The van der Waals surface area contributed by atoms with Crippen molar-refractivity contribution in [3.05, 3.63) is 23.6 Å². The Balaban J connectivity index is 3.37. The summed E-state index contributed by atoms with van der Waals surface area (Å²) >= 11 is 0. The van der Waals surface area contributed by atoms with E-state index in [2.05, 4.69) is 9.98 Å². The van der Waals surface area contributed by atoms with E-state index in [4.69, 9.17) is 0 Å². The standard InChI is InChI=1S/C7H11N3/c1-6-4-7(8-2)10(3)5-9-6/h4-5H,1-3H3/b8-7-. The Hall–Kier alpha value is -1.12. The SMILES string of the molecule is C/N=c1/cc(C)ncn1C. The fourth-order valence-electron chi connectivity index (χ4n) is 0.785. The van der Waals surface area contributed by atoms with Crippen molar-refractivity contribution in [2.45, 2.75) is 6.92 Å². The van der Waals surface area contributed by atoms with E-state index in [0.29, 0.717) is 0 Å². The van der Waals surface area contributed by atoms with E-state index in [1.807, 2.05) is 24.6 Å². The smallest absolute Gasteiger partial charge is 0.129 e. The van der Waals surface area contributed by atoms with Crippen LogP contribution in [0.15, 0.2) is 17.4 Å². The highest BCUT2D eigenvalue weighted by atomic mass is 15.0. The molecule has 1 rings (SSSR count). The summed E-state index contributed by atoms with van der Waals surface area (Å²) < 4.78 is 1.88. The van der Waals surface area contributed by atoms with Crippen LogP contribution in [0.1, 0.15) is 5.69 Å². The maximum atomic E-state index is 4.09. The van der Waals surface area contributed by atoms with Crippen LogP contribution < -0.4 is 5.49 Å². The Morgan fingerprint density at radius 1 is 1.60 bits per heavy atom. The molecule has 3 heteroatoms. The molecule has 0 amide bonds. The molecule has 0 aliphatic rings. The third-order valence-electron chi connectivity index (χ3n) is 1.36. The lowest BCUT2D eigenvalue weighted by atomic mass is 10.4. The third kappa shape index (κ3) is 1.23. The summed E-state index contributed by atoms with van der Waals surface area (Å²) in [5.74, 6) is 0. The van der Waals surface area contributed by atoms with Crippen molar-refractivity contribution in [3.63, 3.8) is 0 Å². The van der Waals surface area contributed by atoms with Crippen LogP contribution in [-0.2, 0) is 7.05 Å². The molecular weight excluding hydrogens is 126 g/mol. The molecule has 1 aromatic heterocycles. The zero-order valence-electron chi connectivity index (χ0n) is 6.50. The number of hydrogen-bond acceptors (Lipinski definition) is 2. The zero-order chi connectivity index (χ0) is 7.56. The Bertz CT molecular complexity index is 285. The van der Waals surface area contributed by atoms with Crippen molar-refractivity contribution < 1.29 is 0 Å². The van der Waals surface area contributed by atoms with E-state index in [9.17, 15) is 0 Å². The topological polar surface area (TPSA) is 30.2 Å². The van der Waals surface area contributed by atoms with Gasteiger partial charge in [-0.25, -0.2) is 4.98 Å². The highest BCUT2D eigenvalue weighted by Crippen LogP contribution is 1.81. The molecule has 0 bridgehead atoms. The average molecular weight is 137 g/mol. The fraction of sp³-hybridized carbons (Fsp3) is 0.429. The molecule has 0 radical (unpaired) electrons. The molecule has 3 nitrogen and oxygen atoms in total. The van der Waals surface area contributed by atoms with Crippen molar-refractivity contribution in [2.75, 3.05) is 7.05 Å². The lowest BCUT2D eigenvalue weighted by Gasteiger charge is -1.97. The first kappa shape index (κ1) is 6.99. The van der Waals surface area contributed by atoms with E-state index < -0.39 is 0 Å². The lowest BCUT2D eigenvalue weighted by molar-refractivity contribution is 0.787. The van der Waals surface area contributed by atoms with Crippen LogP contribution in [0.3, 0.4) is 0 Å². The average Bonchev–Trinajstić information content (AvgIpc) is 1.94. The highest BCUT2D eigenvalue weighted by molar-refractivity contribution is 4.94. The molecule has 0 saturated heterocycles.